The van der Waals surface area contributed by atoms with Crippen LogP contribution in [0.1, 0.15) is 42.7 Å². The number of amides is 1. The zero-order valence-corrected chi connectivity index (χ0v) is 23.1. The van der Waals surface area contributed by atoms with E-state index in [4.69, 9.17) is 14.2 Å². The van der Waals surface area contributed by atoms with Gasteiger partial charge in [-0.2, -0.15) is 0 Å². The van der Waals surface area contributed by atoms with Crippen molar-refractivity contribution in [3.05, 3.63) is 83.9 Å². The van der Waals surface area contributed by atoms with E-state index >= 15 is 0 Å². The SMILES string of the molecule is COCCCOc1cc(CN(C(=O)[C@H]2CNCC[C@@H]2c2cccc(-c3ccccc3)c2)C2CC2)cc(OC)c1. The lowest BCUT2D eigenvalue weighted by Crippen LogP contribution is -2.47. The molecule has 1 aliphatic heterocycles. The number of benzene rings is 3. The fourth-order valence-corrected chi connectivity index (χ4v) is 5.60. The third-order valence-corrected chi connectivity index (χ3v) is 7.78. The number of piperidine rings is 1. The molecular formula is C33H40N2O4. The summed E-state index contributed by atoms with van der Waals surface area (Å²) < 4.78 is 16.7. The van der Waals surface area contributed by atoms with E-state index in [-0.39, 0.29) is 17.7 Å². The van der Waals surface area contributed by atoms with Crippen molar-refractivity contribution in [3.8, 4) is 22.6 Å². The molecule has 0 unspecified atom stereocenters. The summed E-state index contributed by atoms with van der Waals surface area (Å²) in [6.45, 7) is 3.42. The summed E-state index contributed by atoms with van der Waals surface area (Å²) >= 11 is 0. The van der Waals surface area contributed by atoms with Crippen LogP contribution < -0.4 is 14.8 Å². The van der Waals surface area contributed by atoms with Crippen LogP contribution in [0.2, 0.25) is 0 Å². The molecular weight excluding hydrogens is 488 g/mol. The van der Waals surface area contributed by atoms with Crippen molar-refractivity contribution in [1.82, 2.24) is 10.2 Å². The normalized spacial score (nSPS) is 18.9. The van der Waals surface area contributed by atoms with Crippen LogP contribution in [-0.4, -0.2) is 57.4 Å². The third kappa shape index (κ3) is 7.00. The van der Waals surface area contributed by atoms with Gasteiger partial charge in [0.25, 0.3) is 0 Å². The van der Waals surface area contributed by atoms with Gasteiger partial charge in [-0.15, -0.1) is 0 Å². The Balaban J connectivity index is 1.35. The highest BCUT2D eigenvalue weighted by Gasteiger charge is 2.40. The summed E-state index contributed by atoms with van der Waals surface area (Å²) in [4.78, 5) is 16.3. The molecule has 6 heteroatoms. The van der Waals surface area contributed by atoms with E-state index in [1.807, 2.05) is 24.3 Å². The van der Waals surface area contributed by atoms with Gasteiger partial charge in [0.1, 0.15) is 11.5 Å². The number of carbonyl (C=O) groups excluding carboxylic acids is 1. The minimum atomic E-state index is -0.0965. The number of nitrogens with one attached hydrogen (secondary N) is 1. The summed E-state index contributed by atoms with van der Waals surface area (Å²) in [6.07, 6.45) is 3.89. The Bertz CT molecular complexity index is 1230. The first-order chi connectivity index (χ1) is 19.2. The summed E-state index contributed by atoms with van der Waals surface area (Å²) in [7, 11) is 3.36. The maximum atomic E-state index is 14.2. The quantitative estimate of drug-likeness (QED) is 0.307. The molecule has 39 heavy (non-hydrogen) atoms. The van der Waals surface area contributed by atoms with Crippen LogP contribution in [0, 0.1) is 5.92 Å². The van der Waals surface area contributed by atoms with Crippen LogP contribution >= 0.6 is 0 Å². The lowest BCUT2D eigenvalue weighted by atomic mass is 9.79. The Morgan fingerprint density at radius 3 is 2.46 bits per heavy atom. The van der Waals surface area contributed by atoms with Gasteiger partial charge >= 0.3 is 0 Å². The van der Waals surface area contributed by atoms with E-state index in [1.54, 1.807) is 14.2 Å². The van der Waals surface area contributed by atoms with Gasteiger partial charge in [-0.3, -0.25) is 4.79 Å². The van der Waals surface area contributed by atoms with Crippen molar-refractivity contribution in [2.75, 3.05) is 40.5 Å². The molecule has 206 valence electrons. The first kappa shape index (κ1) is 27.2. The lowest BCUT2D eigenvalue weighted by molar-refractivity contribution is -0.138. The molecule has 1 heterocycles. The van der Waals surface area contributed by atoms with Crippen molar-refractivity contribution in [3.63, 3.8) is 0 Å². The molecule has 0 aromatic heterocycles. The fraction of sp³-hybridized carbons (Fsp3) is 0.424. The Labute approximate surface area is 232 Å². The van der Waals surface area contributed by atoms with Crippen LogP contribution in [0.3, 0.4) is 0 Å². The molecule has 1 amide bonds. The Kier molecular flexibility index (Phi) is 9.17. The van der Waals surface area contributed by atoms with Crippen LogP contribution in [0.4, 0.5) is 0 Å². The van der Waals surface area contributed by atoms with Crippen molar-refractivity contribution >= 4 is 5.91 Å². The summed E-state index contributed by atoms with van der Waals surface area (Å²) in [5.74, 6) is 1.84. The maximum Gasteiger partial charge on any atom is 0.228 e. The van der Waals surface area contributed by atoms with Gasteiger partial charge in [0, 0.05) is 45.3 Å². The lowest BCUT2D eigenvalue weighted by Gasteiger charge is -2.36. The zero-order chi connectivity index (χ0) is 27.0. The second-order valence-corrected chi connectivity index (χ2v) is 10.6. The number of nitrogens with zero attached hydrogens (tertiary/aromatic N) is 1. The van der Waals surface area contributed by atoms with Crippen molar-refractivity contribution in [2.45, 2.75) is 44.2 Å². The summed E-state index contributed by atoms with van der Waals surface area (Å²) in [5, 5.41) is 3.50. The topological polar surface area (TPSA) is 60.0 Å². The van der Waals surface area contributed by atoms with Gasteiger partial charge in [0.05, 0.1) is 19.6 Å². The van der Waals surface area contributed by atoms with Gasteiger partial charge < -0.3 is 24.4 Å². The average Bonchev–Trinajstić information content (AvgIpc) is 3.84. The summed E-state index contributed by atoms with van der Waals surface area (Å²) in [6, 6.07) is 25.5. The van der Waals surface area contributed by atoms with Crippen LogP contribution in [0.5, 0.6) is 11.5 Å². The van der Waals surface area contributed by atoms with Gasteiger partial charge in [-0.05, 0) is 66.1 Å². The highest BCUT2D eigenvalue weighted by molar-refractivity contribution is 5.81. The molecule has 2 atom stereocenters. The van der Waals surface area contributed by atoms with E-state index in [9.17, 15) is 4.79 Å². The van der Waals surface area contributed by atoms with Crippen molar-refractivity contribution < 1.29 is 19.0 Å². The monoisotopic (exact) mass is 528 g/mol. The van der Waals surface area contributed by atoms with Gasteiger partial charge in [0.15, 0.2) is 0 Å². The number of ether oxygens (including phenoxy) is 3. The van der Waals surface area contributed by atoms with Crippen molar-refractivity contribution in [2.24, 2.45) is 5.92 Å². The molecule has 2 fully saturated rings. The summed E-state index contributed by atoms with van der Waals surface area (Å²) in [5.41, 5.74) is 4.68. The Hall–Kier alpha value is -3.35. The number of hydrogen-bond acceptors (Lipinski definition) is 5. The third-order valence-electron chi connectivity index (χ3n) is 7.78. The van der Waals surface area contributed by atoms with Crippen LogP contribution in [0.15, 0.2) is 72.8 Å². The molecule has 1 aliphatic carbocycles. The van der Waals surface area contributed by atoms with Gasteiger partial charge in [0.2, 0.25) is 5.91 Å². The molecule has 0 bridgehead atoms. The van der Waals surface area contributed by atoms with E-state index < -0.39 is 0 Å². The molecule has 0 spiro atoms. The first-order valence-corrected chi connectivity index (χ1v) is 14.1. The van der Waals surface area contributed by atoms with Crippen LogP contribution in [-0.2, 0) is 16.1 Å². The molecule has 1 saturated heterocycles. The van der Waals surface area contributed by atoms with Gasteiger partial charge in [-0.1, -0.05) is 54.6 Å². The largest absolute Gasteiger partial charge is 0.497 e. The highest BCUT2D eigenvalue weighted by Crippen LogP contribution is 2.37. The maximum absolute atomic E-state index is 14.2. The van der Waals surface area contributed by atoms with Gasteiger partial charge in [-0.25, -0.2) is 0 Å². The first-order valence-electron chi connectivity index (χ1n) is 14.1. The fourth-order valence-electron chi connectivity index (χ4n) is 5.60. The molecule has 1 saturated carbocycles. The molecule has 1 N–H and O–H groups in total. The van der Waals surface area contributed by atoms with Crippen molar-refractivity contribution in [1.29, 1.82) is 0 Å². The minimum Gasteiger partial charge on any atom is -0.497 e. The Morgan fingerprint density at radius 2 is 1.69 bits per heavy atom. The second-order valence-electron chi connectivity index (χ2n) is 10.6. The standard InChI is InChI=1S/C33H40N2O4/c1-37-16-7-17-39-30-19-24(18-29(21-30)38-2)23-35(28-12-13-28)33(36)32-22-34-15-14-31(32)27-11-6-10-26(20-27)25-8-4-3-5-9-25/h3-6,8-11,18-21,28,31-32,34H,7,12-17,22-23H2,1-2H3/t31-,32+/m1/s1. The average molecular weight is 529 g/mol. The second kappa shape index (κ2) is 13.1. The number of carbonyl (C=O) groups is 1. The van der Waals surface area contributed by atoms with Crippen LogP contribution in [0.25, 0.3) is 11.1 Å². The van der Waals surface area contributed by atoms with E-state index in [2.05, 4.69) is 58.7 Å². The minimum absolute atomic E-state index is 0.0965. The smallest absolute Gasteiger partial charge is 0.228 e. The molecule has 5 rings (SSSR count). The predicted octanol–water partition coefficient (Wildman–Crippen LogP) is 5.66. The van der Waals surface area contributed by atoms with E-state index in [1.165, 1.54) is 16.7 Å². The molecule has 3 aromatic rings. The predicted molar refractivity (Wildman–Crippen MR) is 154 cm³/mol. The zero-order valence-electron chi connectivity index (χ0n) is 23.1. The van der Waals surface area contributed by atoms with E-state index in [0.717, 1.165) is 49.3 Å². The molecule has 0 radical (unpaired) electrons. The molecule has 3 aromatic carbocycles. The number of methoxy groups -OCH3 is 2. The number of rotatable bonds is 12. The molecule has 6 nitrogen and oxygen atoms in total. The number of hydrogen-bond donors (Lipinski definition) is 1. The highest BCUT2D eigenvalue weighted by atomic mass is 16.5. The molecule has 2 aliphatic rings. The van der Waals surface area contributed by atoms with E-state index in [0.29, 0.717) is 32.3 Å². The Morgan fingerprint density at radius 1 is 0.897 bits per heavy atom.